The summed E-state index contributed by atoms with van der Waals surface area (Å²) in [7, 11) is 0. The Bertz CT molecular complexity index is 903. The number of hydrogen-bond donors (Lipinski definition) is 0. The fourth-order valence-electron chi connectivity index (χ4n) is 5.02. The molecule has 4 nitrogen and oxygen atoms in total. The molecule has 1 atom stereocenters. The van der Waals surface area contributed by atoms with E-state index in [9.17, 15) is 9.59 Å². The average molecular weight is 419 g/mol. The van der Waals surface area contributed by atoms with Crippen LogP contribution in [0.5, 0.6) is 0 Å². The van der Waals surface area contributed by atoms with Gasteiger partial charge in [-0.1, -0.05) is 42.8 Å². The van der Waals surface area contributed by atoms with Crippen LogP contribution in [0.2, 0.25) is 0 Å². The molecule has 4 heteroatoms. The van der Waals surface area contributed by atoms with Gasteiger partial charge in [-0.3, -0.25) is 19.5 Å². The largest absolute Gasteiger partial charge is 0.299 e. The van der Waals surface area contributed by atoms with Gasteiger partial charge in [-0.25, -0.2) is 0 Å². The van der Waals surface area contributed by atoms with Gasteiger partial charge in [-0.2, -0.15) is 0 Å². The molecule has 2 heterocycles. The molecule has 0 bridgehead atoms. The highest BCUT2D eigenvalue weighted by Gasteiger charge is 2.38. The third kappa shape index (κ3) is 5.48. The number of hydrogen-bond acceptors (Lipinski definition) is 4. The van der Waals surface area contributed by atoms with Crippen molar-refractivity contribution in [1.29, 1.82) is 0 Å². The summed E-state index contributed by atoms with van der Waals surface area (Å²) in [6.45, 7) is 3.05. The van der Waals surface area contributed by atoms with Crippen LogP contribution < -0.4 is 0 Å². The Morgan fingerprint density at radius 3 is 2.55 bits per heavy atom. The number of rotatable bonds is 10. The molecule has 0 saturated carbocycles. The lowest BCUT2D eigenvalue weighted by atomic mass is 9.88. The first-order valence-electron chi connectivity index (χ1n) is 11.9. The standard InChI is InChI=1S/C27H34N2O2/c1-20(30)27(22-11-4-2-5-12-22)29-18-23(19-29)26(31)15-7-3-6-13-24-17-16-21-10-8-9-14-25(21)28-24/h2,4-5,11-12,16-17,23,27H,3,6-10,13-15,18-19H2,1H3. The predicted octanol–water partition coefficient (Wildman–Crippen LogP) is 4.89. The minimum atomic E-state index is -0.214. The van der Waals surface area contributed by atoms with Crippen LogP contribution in [0.25, 0.3) is 0 Å². The van der Waals surface area contributed by atoms with E-state index < -0.39 is 0 Å². The van der Waals surface area contributed by atoms with Crippen molar-refractivity contribution < 1.29 is 9.59 Å². The highest BCUT2D eigenvalue weighted by Crippen LogP contribution is 2.30. The van der Waals surface area contributed by atoms with Gasteiger partial charge in [0.1, 0.15) is 5.78 Å². The highest BCUT2D eigenvalue weighted by atomic mass is 16.1. The maximum atomic E-state index is 12.6. The first-order chi connectivity index (χ1) is 15.1. The lowest BCUT2D eigenvalue weighted by Gasteiger charge is -2.43. The Morgan fingerprint density at radius 1 is 1.00 bits per heavy atom. The Kier molecular flexibility index (Phi) is 7.29. The van der Waals surface area contributed by atoms with Crippen LogP contribution >= 0.6 is 0 Å². The Morgan fingerprint density at radius 2 is 1.77 bits per heavy atom. The van der Waals surface area contributed by atoms with Crippen molar-refractivity contribution in [3.05, 3.63) is 65.0 Å². The number of fused-ring (bicyclic) bond motifs is 1. The van der Waals surface area contributed by atoms with Crippen molar-refractivity contribution in [3.63, 3.8) is 0 Å². The van der Waals surface area contributed by atoms with Crippen molar-refractivity contribution in [2.75, 3.05) is 13.1 Å². The number of ketones is 2. The minimum absolute atomic E-state index is 0.0906. The number of likely N-dealkylation sites (tertiary alicyclic amines) is 1. The van der Waals surface area contributed by atoms with Crippen molar-refractivity contribution in [3.8, 4) is 0 Å². The number of carbonyl (C=O) groups excluding carboxylic acids is 2. The van der Waals surface area contributed by atoms with E-state index in [1.807, 2.05) is 30.3 Å². The van der Waals surface area contributed by atoms with E-state index >= 15 is 0 Å². The molecule has 31 heavy (non-hydrogen) atoms. The number of unbranched alkanes of at least 4 members (excludes halogenated alkanes) is 2. The van der Waals surface area contributed by atoms with E-state index in [4.69, 9.17) is 4.98 Å². The zero-order chi connectivity index (χ0) is 21.6. The molecular formula is C27H34N2O2. The van der Waals surface area contributed by atoms with E-state index in [0.717, 1.165) is 37.7 Å². The van der Waals surface area contributed by atoms with Gasteiger partial charge in [0.2, 0.25) is 0 Å². The molecule has 0 spiro atoms. The van der Waals surface area contributed by atoms with Gasteiger partial charge in [0, 0.05) is 36.8 Å². The Labute approximate surface area is 186 Å². The first-order valence-corrected chi connectivity index (χ1v) is 11.9. The SMILES string of the molecule is CC(=O)C(c1ccccc1)N1CC(C(=O)CCCCCc2ccc3c(n2)CCCC3)C1. The maximum absolute atomic E-state index is 12.6. The van der Waals surface area contributed by atoms with Gasteiger partial charge in [0.15, 0.2) is 5.78 Å². The molecule has 0 amide bonds. The number of pyridine rings is 1. The molecular weight excluding hydrogens is 384 g/mol. The summed E-state index contributed by atoms with van der Waals surface area (Å²) in [5.41, 5.74) is 4.98. The van der Waals surface area contributed by atoms with Gasteiger partial charge in [-0.15, -0.1) is 0 Å². The van der Waals surface area contributed by atoms with E-state index in [1.54, 1.807) is 6.92 Å². The summed E-state index contributed by atoms with van der Waals surface area (Å²) in [5, 5.41) is 0. The average Bonchev–Trinajstić information content (AvgIpc) is 2.75. The molecule has 1 aromatic heterocycles. The smallest absolute Gasteiger partial charge is 0.151 e. The zero-order valence-electron chi connectivity index (χ0n) is 18.7. The molecule has 1 aliphatic carbocycles. The zero-order valence-corrected chi connectivity index (χ0v) is 18.7. The monoisotopic (exact) mass is 418 g/mol. The fourth-order valence-corrected chi connectivity index (χ4v) is 5.02. The van der Waals surface area contributed by atoms with Gasteiger partial charge >= 0.3 is 0 Å². The van der Waals surface area contributed by atoms with Crippen LogP contribution in [0.1, 0.15) is 74.0 Å². The molecule has 164 valence electrons. The molecule has 2 aliphatic rings. The Balaban J connectivity index is 1.16. The second-order valence-corrected chi connectivity index (χ2v) is 9.22. The number of aromatic nitrogens is 1. The van der Waals surface area contributed by atoms with E-state index in [1.165, 1.54) is 36.2 Å². The summed E-state index contributed by atoms with van der Waals surface area (Å²) in [4.78, 5) is 31.7. The molecule has 2 aromatic rings. The van der Waals surface area contributed by atoms with E-state index in [-0.39, 0.29) is 17.7 Å². The molecule has 1 fully saturated rings. The van der Waals surface area contributed by atoms with E-state index in [0.29, 0.717) is 25.3 Å². The molecule has 1 unspecified atom stereocenters. The van der Waals surface area contributed by atoms with Crippen molar-refractivity contribution in [2.45, 2.75) is 70.8 Å². The van der Waals surface area contributed by atoms with Crippen molar-refractivity contribution in [2.24, 2.45) is 5.92 Å². The molecule has 0 N–H and O–H groups in total. The summed E-state index contributed by atoms with van der Waals surface area (Å²) >= 11 is 0. The number of benzene rings is 1. The van der Waals surface area contributed by atoms with Crippen LogP contribution in [0.3, 0.4) is 0 Å². The lowest BCUT2D eigenvalue weighted by molar-refractivity contribution is -0.134. The summed E-state index contributed by atoms with van der Waals surface area (Å²) in [6, 6.07) is 14.1. The highest BCUT2D eigenvalue weighted by molar-refractivity contribution is 5.85. The van der Waals surface area contributed by atoms with Crippen LogP contribution in [0, 0.1) is 5.92 Å². The van der Waals surface area contributed by atoms with Crippen LogP contribution in [-0.4, -0.2) is 34.5 Å². The van der Waals surface area contributed by atoms with Crippen molar-refractivity contribution in [1.82, 2.24) is 9.88 Å². The number of Topliss-reactive ketones (excluding diaryl/α,β-unsaturated/α-hetero) is 2. The number of aryl methyl sites for hydroxylation is 3. The number of carbonyl (C=O) groups is 2. The van der Waals surface area contributed by atoms with Crippen LogP contribution in [0.4, 0.5) is 0 Å². The van der Waals surface area contributed by atoms with Crippen LogP contribution in [0.15, 0.2) is 42.5 Å². The second kappa shape index (κ2) is 10.3. The minimum Gasteiger partial charge on any atom is -0.299 e. The third-order valence-electron chi connectivity index (χ3n) is 6.82. The quantitative estimate of drug-likeness (QED) is 0.515. The molecule has 1 aliphatic heterocycles. The first kappa shape index (κ1) is 21.9. The molecule has 4 rings (SSSR count). The van der Waals surface area contributed by atoms with Gasteiger partial charge in [0.05, 0.1) is 6.04 Å². The summed E-state index contributed by atoms with van der Waals surface area (Å²) < 4.78 is 0. The topological polar surface area (TPSA) is 50.3 Å². The maximum Gasteiger partial charge on any atom is 0.151 e. The van der Waals surface area contributed by atoms with Gasteiger partial charge in [0.25, 0.3) is 0 Å². The number of nitrogens with zero attached hydrogens (tertiary/aromatic N) is 2. The van der Waals surface area contributed by atoms with Gasteiger partial charge in [-0.05, 0) is 69.1 Å². The predicted molar refractivity (Wildman–Crippen MR) is 123 cm³/mol. The van der Waals surface area contributed by atoms with Gasteiger partial charge < -0.3 is 0 Å². The fraction of sp³-hybridized carbons (Fsp3) is 0.519. The third-order valence-corrected chi connectivity index (χ3v) is 6.82. The Hall–Kier alpha value is -2.33. The molecule has 1 saturated heterocycles. The molecule has 1 aromatic carbocycles. The lowest BCUT2D eigenvalue weighted by Crippen LogP contribution is -2.53. The van der Waals surface area contributed by atoms with Crippen LogP contribution in [-0.2, 0) is 28.9 Å². The van der Waals surface area contributed by atoms with Crippen molar-refractivity contribution >= 4 is 11.6 Å². The molecule has 0 radical (unpaired) electrons. The summed E-state index contributed by atoms with van der Waals surface area (Å²) in [6.07, 6.45) is 9.66. The normalized spacial score (nSPS) is 17.6. The van der Waals surface area contributed by atoms with E-state index in [2.05, 4.69) is 17.0 Å². The second-order valence-electron chi connectivity index (χ2n) is 9.22. The summed E-state index contributed by atoms with van der Waals surface area (Å²) in [5.74, 6) is 0.597.